The molecule has 0 aliphatic rings. The highest BCUT2D eigenvalue weighted by atomic mass is 19.1. The summed E-state index contributed by atoms with van der Waals surface area (Å²) in [5.74, 6) is -0.321. The molecule has 0 aliphatic heterocycles. The molecule has 0 spiro atoms. The van der Waals surface area contributed by atoms with Crippen LogP contribution in [0.1, 0.15) is 38.4 Å². The number of benzene rings is 1. The first-order valence-electron chi connectivity index (χ1n) is 6.96. The zero-order valence-corrected chi connectivity index (χ0v) is 12.0. The normalized spacial score (nSPS) is 13.8. The Hall–Kier alpha value is -1.46. The highest BCUT2D eigenvalue weighted by molar-refractivity contribution is 5.76. The SMILES string of the molecule is CCC(C)NC(=O)CCNCC(O)c1ccc(F)cc1. The van der Waals surface area contributed by atoms with E-state index in [2.05, 4.69) is 10.6 Å². The summed E-state index contributed by atoms with van der Waals surface area (Å²) in [5.41, 5.74) is 0.656. The van der Waals surface area contributed by atoms with E-state index in [1.165, 1.54) is 12.1 Å². The van der Waals surface area contributed by atoms with Gasteiger partial charge in [0.05, 0.1) is 6.10 Å². The van der Waals surface area contributed by atoms with E-state index in [0.29, 0.717) is 25.1 Å². The highest BCUT2D eigenvalue weighted by Crippen LogP contribution is 2.12. The second kappa shape index (κ2) is 8.66. The number of aliphatic hydroxyl groups is 1. The fourth-order valence-electron chi connectivity index (χ4n) is 1.69. The van der Waals surface area contributed by atoms with Crippen LogP contribution >= 0.6 is 0 Å². The van der Waals surface area contributed by atoms with Gasteiger partial charge in [0.15, 0.2) is 0 Å². The summed E-state index contributed by atoms with van der Waals surface area (Å²) >= 11 is 0. The van der Waals surface area contributed by atoms with Crippen molar-refractivity contribution >= 4 is 5.91 Å². The maximum atomic E-state index is 12.7. The van der Waals surface area contributed by atoms with Crippen LogP contribution in [0, 0.1) is 5.82 Å². The van der Waals surface area contributed by atoms with Gasteiger partial charge in [-0.05, 0) is 31.0 Å². The van der Waals surface area contributed by atoms with Crippen LogP contribution in [0.15, 0.2) is 24.3 Å². The standard InChI is InChI=1S/C15H23FN2O2/c1-3-11(2)18-15(20)8-9-17-10-14(19)12-4-6-13(16)7-5-12/h4-7,11,14,17,19H,3,8-10H2,1-2H3,(H,18,20). The second-order valence-electron chi connectivity index (χ2n) is 4.90. The van der Waals surface area contributed by atoms with Gasteiger partial charge in [0.2, 0.25) is 5.91 Å². The monoisotopic (exact) mass is 282 g/mol. The Morgan fingerprint density at radius 3 is 2.60 bits per heavy atom. The molecule has 0 fully saturated rings. The Labute approximate surface area is 119 Å². The van der Waals surface area contributed by atoms with Crippen molar-refractivity contribution < 1.29 is 14.3 Å². The molecule has 1 aromatic rings. The summed E-state index contributed by atoms with van der Waals surface area (Å²) in [6.45, 7) is 4.81. The zero-order chi connectivity index (χ0) is 15.0. The Morgan fingerprint density at radius 1 is 1.35 bits per heavy atom. The van der Waals surface area contributed by atoms with E-state index in [0.717, 1.165) is 6.42 Å². The lowest BCUT2D eigenvalue weighted by molar-refractivity contribution is -0.121. The van der Waals surface area contributed by atoms with E-state index < -0.39 is 6.10 Å². The Bertz CT molecular complexity index is 409. The summed E-state index contributed by atoms with van der Waals surface area (Å²) in [6.07, 6.45) is 0.580. The first-order valence-corrected chi connectivity index (χ1v) is 6.96. The van der Waals surface area contributed by atoms with Crippen LogP contribution in [0.2, 0.25) is 0 Å². The maximum absolute atomic E-state index is 12.7. The maximum Gasteiger partial charge on any atom is 0.221 e. The summed E-state index contributed by atoms with van der Waals surface area (Å²) in [4.78, 5) is 11.5. The molecule has 4 nitrogen and oxygen atoms in total. The second-order valence-corrected chi connectivity index (χ2v) is 4.90. The van der Waals surface area contributed by atoms with Gasteiger partial charge in [-0.1, -0.05) is 19.1 Å². The molecule has 0 aromatic heterocycles. The van der Waals surface area contributed by atoms with E-state index in [-0.39, 0.29) is 17.8 Å². The predicted octanol–water partition coefficient (Wildman–Crippen LogP) is 1.75. The van der Waals surface area contributed by atoms with Gasteiger partial charge in [-0.3, -0.25) is 4.79 Å². The summed E-state index contributed by atoms with van der Waals surface area (Å²) < 4.78 is 12.7. The average molecular weight is 282 g/mol. The third-order valence-electron chi connectivity index (χ3n) is 3.14. The molecule has 2 atom stereocenters. The van der Waals surface area contributed by atoms with Crippen molar-refractivity contribution in [3.63, 3.8) is 0 Å². The van der Waals surface area contributed by atoms with Gasteiger partial charge in [-0.25, -0.2) is 4.39 Å². The number of hydrogen-bond acceptors (Lipinski definition) is 3. The molecular formula is C15H23FN2O2. The van der Waals surface area contributed by atoms with Gasteiger partial charge in [-0.2, -0.15) is 0 Å². The van der Waals surface area contributed by atoms with Crippen LogP contribution in [-0.4, -0.2) is 30.1 Å². The fraction of sp³-hybridized carbons (Fsp3) is 0.533. The minimum Gasteiger partial charge on any atom is -0.387 e. The quantitative estimate of drug-likeness (QED) is 0.637. The smallest absolute Gasteiger partial charge is 0.221 e. The minimum absolute atomic E-state index is 0.00289. The van der Waals surface area contributed by atoms with Crippen LogP contribution in [0.5, 0.6) is 0 Å². The van der Waals surface area contributed by atoms with E-state index in [4.69, 9.17) is 0 Å². The Balaban J connectivity index is 2.20. The molecule has 0 saturated carbocycles. The summed E-state index contributed by atoms with van der Waals surface area (Å²) in [6, 6.07) is 5.93. The number of carbonyl (C=O) groups is 1. The number of rotatable bonds is 8. The molecule has 1 amide bonds. The van der Waals surface area contributed by atoms with Gasteiger partial charge in [0, 0.05) is 25.6 Å². The number of hydrogen-bond donors (Lipinski definition) is 3. The lowest BCUT2D eigenvalue weighted by Gasteiger charge is -2.13. The molecule has 0 bridgehead atoms. The third kappa shape index (κ3) is 6.12. The van der Waals surface area contributed by atoms with Crippen molar-refractivity contribution in [1.82, 2.24) is 10.6 Å². The van der Waals surface area contributed by atoms with Crippen LogP contribution in [0.25, 0.3) is 0 Å². The first-order chi connectivity index (χ1) is 9.52. The molecule has 1 rings (SSSR count). The Kier molecular flexibility index (Phi) is 7.18. The van der Waals surface area contributed by atoms with Crippen LogP contribution in [0.3, 0.4) is 0 Å². The molecule has 0 aliphatic carbocycles. The van der Waals surface area contributed by atoms with Crippen molar-refractivity contribution in [2.24, 2.45) is 0 Å². The summed E-state index contributed by atoms with van der Waals surface area (Å²) in [5, 5.41) is 15.8. The van der Waals surface area contributed by atoms with E-state index in [1.807, 2.05) is 13.8 Å². The van der Waals surface area contributed by atoms with Crippen molar-refractivity contribution in [1.29, 1.82) is 0 Å². The molecule has 1 aromatic carbocycles. The van der Waals surface area contributed by atoms with E-state index in [9.17, 15) is 14.3 Å². The third-order valence-corrected chi connectivity index (χ3v) is 3.14. The molecular weight excluding hydrogens is 259 g/mol. The van der Waals surface area contributed by atoms with Crippen molar-refractivity contribution in [2.45, 2.75) is 38.8 Å². The number of nitrogens with one attached hydrogen (secondary N) is 2. The lowest BCUT2D eigenvalue weighted by atomic mass is 10.1. The van der Waals surface area contributed by atoms with Crippen LogP contribution in [0.4, 0.5) is 4.39 Å². The molecule has 0 saturated heterocycles. The summed E-state index contributed by atoms with van der Waals surface area (Å²) in [7, 11) is 0. The number of amides is 1. The van der Waals surface area contributed by atoms with Gasteiger partial charge in [-0.15, -0.1) is 0 Å². The topological polar surface area (TPSA) is 61.4 Å². The fourth-order valence-corrected chi connectivity index (χ4v) is 1.69. The van der Waals surface area contributed by atoms with Gasteiger partial charge in [0.25, 0.3) is 0 Å². The number of aliphatic hydroxyl groups excluding tert-OH is 1. The molecule has 0 heterocycles. The lowest BCUT2D eigenvalue weighted by Crippen LogP contribution is -2.34. The van der Waals surface area contributed by atoms with E-state index >= 15 is 0 Å². The predicted molar refractivity (Wildman–Crippen MR) is 76.7 cm³/mol. The van der Waals surface area contributed by atoms with Crippen molar-refractivity contribution in [3.05, 3.63) is 35.6 Å². The molecule has 5 heteroatoms. The van der Waals surface area contributed by atoms with Crippen molar-refractivity contribution in [2.75, 3.05) is 13.1 Å². The minimum atomic E-state index is -0.701. The van der Waals surface area contributed by atoms with Gasteiger partial charge >= 0.3 is 0 Å². The number of carbonyl (C=O) groups excluding carboxylic acids is 1. The zero-order valence-electron chi connectivity index (χ0n) is 12.0. The average Bonchev–Trinajstić information content (AvgIpc) is 2.44. The van der Waals surface area contributed by atoms with Crippen LogP contribution in [-0.2, 0) is 4.79 Å². The number of halogens is 1. The van der Waals surface area contributed by atoms with Crippen molar-refractivity contribution in [3.8, 4) is 0 Å². The molecule has 20 heavy (non-hydrogen) atoms. The molecule has 2 unspecified atom stereocenters. The van der Waals surface area contributed by atoms with Gasteiger partial charge < -0.3 is 15.7 Å². The molecule has 0 radical (unpaired) electrons. The molecule has 3 N–H and O–H groups in total. The molecule has 112 valence electrons. The largest absolute Gasteiger partial charge is 0.387 e. The van der Waals surface area contributed by atoms with Gasteiger partial charge in [0.1, 0.15) is 5.82 Å². The van der Waals surface area contributed by atoms with E-state index in [1.54, 1.807) is 12.1 Å². The Morgan fingerprint density at radius 2 is 2.00 bits per heavy atom. The van der Waals surface area contributed by atoms with Crippen LogP contribution < -0.4 is 10.6 Å². The first kappa shape index (κ1) is 16.6. The highest BCUT2D eigenvalue weighted by Gasteiger charge is 2.08.